The van der Waals surface area contributed by atoms with Crippen LogP contribution >= 0.6 is 0 Å². The van der Waals surface area contributed by atoms with Crippen LogP contribution in [0.1, 0.15) is 0 Å². The number of halogens is 1. The van der Waals surface area contributed by atoms with Gasteiger partial charge in [0, 0.05) is 23.4 Å². The van der Waals surface area contributed by atoms with Crippen LogP contribution in [0.15, 0.2) is 30.3 Å². The minimum Gasteiger partial charge on any atom is -0.486 e. The topological polar surface area (TPSA) is 73.2 Å². The van der Waals surface area contributed by atoms with E-state index in [1.54, 1.807) is 6.07 Å². The van der Waals surface area contributed by atoms with E-state index in [1.807, 2.05) is 12.1 Å². The third-order valence-corrected chi connectivity index (χ3v) is 3.41. The van der Waals surface area contributed by atoms with Crippen LogP contribution in [0.25, 0.3) is 22.4 Å². The highest BCUT2D eigenvalue weighted by Gasteiger charge is 2.16. The second kappa shape index (κ2) is 4.37. The van der Waals surface area contributed by atoms with Gasteiger partial charge < -0.3 is 20.2 Å². The molecule has 3 aromatic rings. The lowest BCUT2D eigenvalue weighted by Crippen LogP contribution is -2.15. The number of hydrogen-bond donors (Lipinski definition) is 2. The Hall–Kier alpha value is -2.76. The average Bonchev–Trinajstić information content (AvgIpc) is 2.87. The van der Waals surface area contributed by atoms with Crippen molar-refractivity contribution in [1.29, 1.82) is 0 Å². The summed E-state index contributed by atoms with van der Waals surface area (Å²) in [4.78, 5) is 7.66. The number of benzene rings is 2. The largest absolute Gasteiger partial charge is 0.486 e. The van der Waals surface area contributed by atoms with E-state index in [1.165, 1.54) is 12.1 Å². The molecule has 0 unspecified atom stereocenters. The molecule has 0 saturated carbocycles. The Morgan fingerprint density at radius 3 is 2.62 bits per heavy atom. The molecule has 2 heterocycles. The highest BCUT2D eigenvalue weighted by Crippen LogP contribution is 2.35. The van der Waals surface area contributed by atoms with Gasteiger partial charge in [0.25, 0.3) is 0 Å². The van der Waals surface area contributed by atoms with Gasteiger partial charge in [0.2, 0.25) is 0 Å². The van der Waals surface area contributed by atoms with E-state index in [-0.39, 0.29) is 5.82 Å². The Morgan fingerprint density at radius 2 is 1.86 bits per heavy atom. The van der Waals surface area contributed by atoms with Crippen LogP contribution in [0.2, 0.25) is 0 Å². The molecule has 0 amide bonds. The van der Waals surface area contributed by atoms with Crippen LogP contribution in [0, 0.1) is 5.82 Å². The number of aromatic nitrogens is 2. The van der Waals surface area contributed by atoms with Crippen LogP contribution < -0.4 is 15.2 Å². The fraction of sp³-hybridized carbons (Fsp3) is 0.133. The van der Waals surface area contributed by atoms with Crippen molar-refractivity contribution >= 4 is 16.7 Å². The smallest absolute Gasteiger partial charge is 0.163 e. The Bertz CT molecular complexity index is 801. The zero-order valence-corrected chi connectivity index (χ0v) is 11.0. The molecule has 0 aliphatic carbocycles. The van der Waals surface area contributed by atoms with Gasteiger partial charge in [-0.1, -0.05) is 0 Å². The van der Waals surface area contributed by atoms with Crippen LogP contribution in [0.4, 0.5) is 10.1 Å². The van der Waals surface area contributed by atoms with Crippen molar-refractivity contribution < 1.29 is 13.9 Å². The van der Waals surface area contributed by atoms with Crippen molar-refractivity contribution in [1.82, 2.24) is 9.97 Å². The van der Waals surface area contributed by atoms with Gasteiger partial charge in [-0.2, -0.15) is 0 Å². The molecule has 0 atom stereocenters. The van der Waals surface area contributed by atoms with Gasteiger partial charge in [-0.3, -0.25) is 0 Å². The number of anilines is 1. The van der Waals surface area contributed by atoms with E-state index in [0.717, 1.165) is 11.0 Å². The number of nitrogens with zero attached hydrogens (tertiary/aromatic N) is 1. The second-order valence-corrected chi connectivity index (χ2v) is 4.83. The van der Waals surface area contributed by atoms with Crippen molar-refractivity contribution in [3.63, 3.8) is 0 Å². The van der Waals surface area contributed by atoms with Gasteiger partial charge in [0.15, 0.2) is 11.5 Å². The lowest BCUT2D eigenvalue weighted by atomic mass is 10.1. The molecule has 21 heavy (non-hydrogen) atoms. The number of nitrogen functional groups attached to an aromatic ring is 1. The highest BCUT2D eigenvalue weighted by atomic mass is 19.1. The van der Waals surface area contributed by atoms with Crippen molar-refractivity contribution in [3.8, 4) is 22.9 Å². The molecule has 2 aromatic carbocycles. The summed E-state index contributed by atoms with van der Waals surface area (Å²) in [6.07, 6.45) is 0. The fourth-order valence-electron chi connectivity index (χ4n) is 2.42. The molecule has 5 nitrogen and oxygen atoms in total. The first kappa shape index (κ1) is 12.0. The maximum absolute atomic E-state index is 13.1. The summed E-state index contributed by atoms with van der Waals surface area (Å²) < 4.78 is 24.2. The van der Waals surface area contributed by atoms with E-state index in [0.29, 0.717) is 41.8 Å². The lowest BCUT2D eigenvalue weighted by molar-refractivity contribution is 0.172. The number of nitrogens with two attached hydrogens (primary N) is 1. The molecule has 4 rings (SSSR count). The van der Waals surface area contributed by atoms with E-state index < -0.39 is 0 Å². The quantitative estimate of drug-likeness (QED) is 0.674. The zero-order valence-electron chi connectivity index (χ0n) is 11.0. The first-order valence-corrected chi connectivity index (χ1v) is 6.55. The van der Waals surface area contributed by atoms with Crippen molar-refractivity contribution in [3.05, 3.63) is 36.1 Å². The van der Waals surface area contributed by atoms with Crippen molar-refractivity contribution in [2.24, 2.45) is 0 Å². The van der Waals surface area contributed by atoms with Gasteiger partial charge in [0.05, 0.1) is 11.0 Å². The molecular formula is C15H12FN3O2. The van der Waals surface area contributed by atoms with Crippen LogP contribution in [0.5, 0.6) is 11.5 Å². The van der Waals surface area contributed by atoms with Crippen molar-refractivity contribution in [2.45, 2.75) is 0 Å². The summed E-state index contributed by atoms with van der Waals surface area (Å²) in [6.45, 7) is 1.06. The Balaban J connectivity index is 1.86. The molecular weight excluding hydrogens is 273 g/mol. The van der Waals surface area contributed by atoms with Gasteiger partial charge in [-0.05, 0) is 18.2 Å². The zero-order chi connectivity index (χ0) is 14.4. The third kappa shape index (κ3) is 1.96. The Labute approximate surface area is 119 Å². The van der Waals surface area contributed by atoms with Crippen LogP contribution in [-0.4, -0.2) is 23.2 Å². The molecule has 0 radical (unpaired) electrons. The van der Waals surface area contributed by atoms with Gasteiger partial charge >= 0.3 is 0 Å². The molecule has 1 aliphatic heterocycles. The molecule has 6 heteroatoms. The molecule has 0 saturated heterocycles. The van der Waals surface area contributed by atoms with Crippen LogP contribution in [0.3, 0.4) is 0 Å². The maximum atomic E-state index is 13.1. The Morgan fingerprint density at radius 1 is 1.10 bits per heavy atom. The third-order valence-electron chi connectivity index (χ3n) is 3.41. The van der Waals surface area contributed by atoms with Gasteiger partial charge in [0.1, 0.15) is 24.9 Å². The van der Waals surface area contributed by atoms with E-state index in [2.05, 4.69) is 9.97 Å². The molecule has 0 spiro atoms. The number of hydrogen-bond acceptors (Lipinski definition) is 4. The average molecular weight is 285 g/mol. The van der Waals surface area contributed by atoms with E-state index in [4.69, 9.17) is 15.2 Å². The highest BCUT2D eigenvalue weighted by molar-refractivity contribution is 5.85. The summed E-state index contributed by atoms with van der Waals surface area (Å²) >= 11 is 0. The van der Waals surface area contributed by atoms with Gasteiger partial charge in [-0.15, -0.1) is 0 Å². The molecule has 0 bridgehead atoms. The summed E-state index contributed by atoms with van der Waals surface area (Å²) in [6, 6.07) is 7.91. The van der Waals surface area contributed by atoms with Gasteiger partial charge in [-0.25, -0.2) is 9.37 Å². The van der Waals surface area contributed by atoms with E-state index >= 15 is 0 Å². The summed E-state index contributed by atoms with van der Waals surface area (Å²) in [5.41, 5.74) is 8.41. The molecule has 1 aromatic heterocycles. The summed E-state index contributed by atoms with van der Waals surface area (Å²) in [5, 5.41) is 0. The number of H-pyrrole nitrogens is 1. The lowest BCUT2D eigenvalue weighted by Gasteiger charge is -2.17. The fourth-order valence-corrected chi connectivity index (χ4v) is 2.42. The maximum Gasteiger partial charge on any atom is 0.163 e. The number of rotatable bonds is 1. The normalized spacial score (nSPS) is 13.6. The summed E-state index contributed by atoms with van der Waals surface area (Å²) in [7, 11) is 0. The second-order valence-electron chi connectivity index (χ2n) is 4.83. The molecule has 3 N–H and O–H groups in total. The SMILES string of the molecule is Nc1cc(F)ccc1-c1nc2cc3c(cc2[nH]1)OCCO3. The number of nitrogens with one attached hydrogen (secondary N) is 1. The first-order valence-electron chi connectivity index (χ1n) is 6.55. The molecule has 1 aliphatic rings. The monoisotopic (exact) mass is 285 g/mol. The Kier molecular flexibility index (Phi) is 2.50. The predicted molar refractivity (Wildman–Crippen MR) is 76.9 cm³/mol. The first-order chi connectivity index (χ1) is 10.2. The predicted octanol–water partition coefficient (Wildman–Crippen LogP) is 2.72. The molecule has 0 fully saturated rings. The number of fused-ring (bicyclic) bond motifs is 2. The minimum atomic E-state index is -0.371. The van der Waals surface area contributed by atoms with E-state index in [9.17, 15) is 4.39 Å². The minimum absolute atomic E-state index is 0.339. The number of imidazole rings is 1. The standard InChI is InChI=1S/C15H12FN3O2/c16-8-1-2-9(10(17)5-8)15-18-11-6-13-14(7-12(11)19-15)21-4-3-20-13/h1-2,5-7H,3-4,17H2,(H,18,19). The van der Waals surface area contributed by atoms with Crippen LogP contribution in [-0.2, 0) is 0 Å². The summed E-state index contributed by atoms with van der Waals surface area (Å²) in [5.74, 6) is 1.59. The molecule has 106 valence electrons. The number of aromatic amines is 1. The van der Waals surface area contributed by atoms with Crippen molar-refractivity contribution in [2.75, 3.05) is 18.9 Å². The number of ether oxygens (including phenoxy) is 2.